The lowest BCUT2D eigenvalue weighted by atomic mass is 10.0. The molecule has 164 valence electrons. The molecule has 3 aromatic rings. The van der Waals surface area contributed by atoms with Crippen molar-refractivity contribution in [1.29, 1.82) is 0 Å². The summed E-state index contributed by atoms with van der Waals surface area (Å²) in [6, 6.07) is 12.1. The van der Waals surface area contributed by atoms with Crippen molar-refractivity contribution in [3.63, 3.8) is 0 Å². The highest BCUT2D eigenvalue weighted by atomic mass is 19.1. The van der Waals surface area contributed by atoms with Crippen molar-refractivity contribution in [3.05, 3.63) is 83.1 Å². The van der Waals surface area contributed by atoms with Crippen molar-refractivity contribution in [2.75, 3.05) is 16.8 Å². The van der Waals surface area contributed by atoms with E-state index in [1.54, 1.807) is 25.1 Å². The maximum Gasteiger partial charge on any atom is 0.412 e. The molecule has 0 saturated carbocycles. The zero-order chi connectivity index (χ0) is 22.8. The largest absolute Gasteiger partial charge is 0.474 e. The lowest BCUT2D eigenvalue weighted by Crippen LogP contribution is -2.44. The third-order valence-corrected chi connectivity index (χ3v) is 5.04. The lowest BCUT2D eigenvalue weighted by molar-refractivity contribution is 0.102. The molecular weight excluding hydrogens is 420 g/mol. The van der Waals surface area contributed by atoms with Gasteiger partial charge in [-0.05, 0) is 66.9 Å². The number of nitrogens with zero attached hydrogens (tertiary/aromatic N) is 2. The first kappa shape index (κ1) is 21.2. The Morgan fingerprint density at radius 1 is 1.12 bits per heavy atom. The van der Waals surface area contributed by atoms with Gasteiger partial charge in [-0.25, -0.2) is 18.6 Å². The highest BCUT2D eigenvalue weighted by Gasteiger charge is 2.32. The van der Waals surface area contributed by atoms with Gasteiger partial charge in [0.05, 0.1) is 6.04 Å². The van der Waals surface area contributed by atoms with Crippen LogP contribution < -0.4 is 15.0 Å². The van der Waals surface area contributed by atoms with E-state index in [4.69, 9.17) is 4.74 Å². The van der Waals surface area contributed by atoms with Gasteiger partial charge in [-0.2, -0.15) is 0 Å². The number of halogens is 2. The standard InChI is InChI=1S/C23H19F2N3O4/c1-13-12-32-22-19(28(13)23(30)31)11-15(10-14-2-4-16(24)5-3-14)20(27-22)21(29)26-18-8-6-17(25)7-9-18/h2-9,11,13H,10,12H2,1H3,(H,26,29)(H,30,31). The summed E-state index contributed by atoms with van der Waals surface area (Å²) in [5.41, 5.74) is 1.75. The Kier molecular flexibility index (Phi) is 5.72. The van der Waals surface area contributed by atoms with Crippen molar-refractivity contribution < 1.29 is 28.2 Å². The second-order valence-corrected chi connectivity index (χ2v) is 7.40. The smallest absolute Gasteiger partial charge is 0.412 e. The first-order chi connectivity index (χ1) is 15.3. The van der Waals surface area contributed by atoms with Crippen molar-refractivity contribution in [2.24, 2.45) is 0 Å². The number of carboxylic acid groups (broad SMARTS) is 1. The summed E-state index contributed by atoms with van der Waals surface area (Å²) < 4.78 is 32.1. The number of amides is 2. The van der Waals surface area contributed by atoms with Gasteiger partial charge < -0.3 is 15.2 Å². The summed E-state index contributed by atoms with van der Waals surface area (Å²) in [5, 5.41) is 12.3. The molecule has 7 nitrogen and oxygen atoms in total. The number of carbonyl (C=O) groups is 2. The molecule has 2 heterocycles. The molecule has 1 aromatic heterocycles. The molecule has 1 aliphatic rings. The highest BCUT2D eigenvalue weighted by molar-refractivity contribution is 6.04. The molecule has 0 saturated heterocycles. The van der Waals surface area contributed by atoms with Crippen LogP contribution in [0.15, 0.2) is 54.6 Å². The first-order valence-electron chi connectivity index (χ1n) is 9.82. The van der Waals surface area contributed by atoms with Gasteiger partial charge in [-0.1, -0.05) is 12.1 Å². The summed E-state index contributed by atoms with van der Waals surface area (Å²) in [5.74, 6) is -1.38. The molecule has 0 spiro atoms. The minimum Gasteiger partial charge on any atom is -0.474 e. The molecule has 1 unspecified atom stereocenters. The van der Waals surface area contributed by atoms with Crippen LogP contribution in [0.1, 0.15) is 28.5 Å². The zero-order valence-corrected chi connectivity index (χ0v) is 17.0. The van der Waals surface area contributed by atoms with E-state index in [0.717, 1.165) is 4.90 Å². The van der Waals surface area contributed by atoms with E-state index in [2.05, 4.69) is 10.3 Å². The lowest BCUT2D eigenvalue weighted by Gasteiger charge is -2.32. The maximum atomic E-state index is 13.3. The van der Waals surface area contributed by atoms with Gasteiger partial charge in [0.2, 0.25) is 5.88 Å². The van der Waals surface area contributed by atoms with Crippen LogP contribution in [0.25, 0.3) is 0 Å². The molecule has 0 aliphatic carbocycles. The number of pyridine rings is 1. The van der Waals surface area contributed by atoms with Crippen LogP contribution in [0.3, 0.4) is 0 Å². The van der Waals surface area contributed by atoms with Crippen LogP contribution in [0.2, 0.25) is 0 Å². The minimum absolute atomic E-state index is 0.0253. The fraction of sp³-hybridized carbons (Fsp3) is 0.174. The Balaban J connectivity index is 1.76. The van der Waals surface area contributed by atoms with E-state index in [1.807, 2.05) is 0 Å². The van der Waals surface area contributed by atoms with Crippen LogP contribution in [0.4, 0.5) is 25.0 Å². The monoisotopic (exact) mass is 439 g/mol. The summed E-state index contributed by atoms with van der Waals surface area (Å²) >= 11 is 0. The number of ether oxygens (including phenoxy) is 1. The quantitative estimate of drug-likeness (QED) is 0.626. The number of carbonyl (C=O) groups excluding carboxylic acids is 1. The van der Waals surface area contributed by atoms with Crippen LogP contribution in [-0.4, -0.2) is 34.7 Å². The molecule has 4 rings (SSSR count). The SMILES string of the molecule is CC1COc2nc(C(=O)Nc3ccc(F)cc3)c(Cc3ccc(F)cc3)cc2N1C(=O)O. The van der Waals surface area contributed by atoms with Crippen molar-refractivity contribution in [3.8, 4) is 5.88 Å². The first-order valence-corrected chi connectivity index (χ1v) is 9.82. The number of rotatable bonds is 4. The molecule has 9 heteroatoms. The van der Waals surface area contributed by atoms with Crippen LogP contribution >= 0.6 is 0 Å². The van der Waals surface area contributed by atoms with E-state index in [1.165, 1.54) is 36.4 Å². The Hall–Kier alpha value is -4.01. The van der Waals surface area contributed by atoms with Crippen LogP contribution in [-0.2, 0) is 6.42 Å². The van der Waals surface area contributed by atoms with Gasteiger partial charge in [0.15, 0.2) is 0 Å². The number of fused-ring (bicyclic) bond motifs is 1. The summed E-state index contributed by atoms with van der Waals surface area (Å²) in [6.45, 7) is 1.79. The molecule has 0 bridgehead atoms. The van der Waals surface area contributed by atoms with Crippen molar-refractivity contribution in [1.82, 2.24) is 4.98 Å². The highest BCUT2D eigenvalue weighted by Crippen LogP contribution is 2.35. The van der Waals surface area contributed by atoms with Crippen molar-refractivity contribution in [2.45, 2.75) is 19.4 Å². The van der Waals surface area contributed by atoms with Crippen LogP contribution in [0.5, 0.6) is 5.88 Å². The molecular formula is C23H19F2N3O4. The van der Waals surface area contributed by atoms with E-state index in [9.17, 15) is 23.5 Å². The molecule has 2 aromatic carbocycles. The van der Waals surface area contributed by atoms with Gasteiger partial charge in [0.25, 0.3) is 5.91 Å². The summed E-state index contributed by atoms with van der Waals surface area (Å²) in [4.78, 5) is 30.3. The molecule has 1 atom stereocenters. The minimum atomic E-state index is -1.17. The van der Waals surface area contributed by atoms with Gasteiger partial charge in [0.1, 0.15) is 29.6 Å². The molecule has 2 N–H and O–H groups in total. The number of aromatic nitrogens is 1. The van der Waals surface area contributed by atoms with E-state index < -0.39 is 29.7 Å². The number of nitrogens with one attached hydrogen (secondary N) is 1. The maximum absolute atomic E-state index is 13.3. The molecule has 1 aliphatic heterocycles. The Bertz CT molecular complexity index is 1170. The predicted octanol–water partition coefficient (Wildman–Crippen LogP) is 4.47. The van der Waals surface area contributed by atoms with Gasteiger partial charge in [-0.15, -0.1) is 0 Å². The van der Waals surface area contributed by atoms with E-state index in [-0.39, 0.29) is 30.3 Å². The summed E-state index contributed by atoms with van der Waals surface area (Å²) in [7, 11) is 0. The Labute approximate surface area is 182 Å². The number of hydrogen-bond donors (Lipinski definition) is 2. The van der Waals surface area contributed by atoms with Gasteiger partial charge in [0, 0.05) is 5.69 Å². The topological polar surface area (TPSA) is 91.8 Å². The fourth-order valence-corrected chi connectivity index (χ4v) is 3.48. The number of hydrogen-bond acceptors (Lipinski definition) is 4. The number of anilines is 2. The molecule has 0 radical (unpaired) electrons. The normalized spacial score (nSPS) is 15.0. The van der Waals surface area contributed by atoms with Gasteiger partial charge in [-0.3, -0.25) is 9.69 Å². The third-order valence-electron chi connectivity index (χ3n) is 5.04. The van der Waals surface area contributed by atoms with Crippen molar-refractivity contribution >= 4 is 23.4 Å². The molecule has 32 heavy (non-hydrogen) atoms. The molecule has 2 amide bonds. The zero-order valence-electron chi connectivity index (χ0n) is 17.0. The second-order valence-electron chi connectivity index (χ2n) is 7.40. The fourth-order valence-electron chi connectivity index (χ4n) is 3.48. The predicted molar refractivity (Wildman–Crippen MR) is 113 cm³/mol. The summed E-state index contributed by atoms with van der Waals surface area (Å²) in [6.07, 6.45) is -0.964. The van der Waals surface area contributed by atoms with Gasteiger partial charge >= 0.3 is 6.09 Å². The van der Waals surface area contributed by atoms with E-state index >= 15 is 0 Å². The number of benzene rings is 2. The van der Waals surface area contributed by atoms with E-state index in [0.29, 0.717) is 16.8 Å². The average molecular weight is 439 g/mol. The van der Waals surface area contributed by atoms with Crippen LogP contribution in [0, 0.1) is 11.6 Å². The third kappa shape index (κ3) is 4.36. The second kappa shape index (κ2) is 8.62. The Morgan fingerprint density at radius 2 is 1.75 bits per heavy atom. The molecule has 0 fully saturated rings. The Morgan fingerprint density at radius 3 is 2.38 bits per heavy atom. The average Bonchev–Trinajstić information content (AvgIpc) is 2.76.